The fourth-order valence-electron chi connectivity index (χ4n) is 2.58. The van der Waals surface area contributed by atoms with E-state index in [-0.39, 0.29) is 6.03 Å². The minimum absolute atomic E-state index is 0.122. The number of piperazine rings is 1. The molecule has 2 saturated heterocycles. The van der Waals surface area contributed by atoms with E-state index in [4.69, 9.17) is 0 Å². The first-order valence-electron chi connectivity index (χ1n) is 7.21. The molecule has 2 N–H and O–H groups in total. The number of hydrogen-bond acceptors (Lipinski definition) is 3. The first kappa shape index (κ1) is 13.6. The van der Waals surface area contributed by atoms with Crippen molar-refractivity contribution >= 4 is 6.03 Å². The summed E-state index contributed by atoms with van der Waals surface area (Å²) in [7, 11) is 0. The fourth-order valence-corrected chi connectivity index (χ4v) is 2.58. The SMILES string of the molecule is CC1CCN(C(=O)NCCN2CCNCC2)CC1. The normalized spacial score (nSPS) is 23.1. The number of rotatable bonds is 3. The van der Waals surface area contributed by atoms with Gasteiger partial charge in [0.2, 0.25) is 0 Å². The number of urea groups is 1. The van der Waals surface area contributed by atoms with Crippen LogP contribution in [0.5, 0.6) is 0 Å². The minimum atomic E-state index is 0.122. The predicted octanol–water partition coefficient (Wildman–Crippen LogP) is 0.333. The second kappa shape index (κ2) is 6.95. The number of carbonyl (C=O) groups excluding carboxylic acids is 1. The largest absolute Gasteiger partial charge is 0.337 e. The third-order valence-electron chi connectivity index (χ3n) is 3.98. The van der Waals surface area contributed by atoms with E-state index in [1.807, 2.05) is 4.90 Å². The average molecular weight is 254 g/mol. The molecule has 0 aromatic heterocycles. The summed E-state index contributed by atoms with van der Waals surface area (Å²) in [4.78, 5) is 16.3. The van der Waals surface area contributed by atoms with Crippen LogP contribution < -0.4 is 10.6 Å². The standard InChI is InChI=1S/C13H26N4O/c1-12-2-7-17(8-3-12)13(18)15-6-11-16-9-4-14-5-10-16/h12,14H,2-11H2,1H3,(H,15,18). The predicted molar refractivity (Wildman–Crippen MR) is 72.7 cm³/mol. The van der Waals surface area contributed by atoms with Crippen molar-refractivity contribution in [2.24, 2.45) is 5.92 Å². The van der Waals surface area contributed by atoms with Gasteiger partial charge in [0.15, 0.2) is 0 Å². The molecule has 0 radical (unpaired) electrons. The van der Waals surface area contributed by atoms with Gasteiger partial charge in [0.1, 0.15) is 0 Å². The Morgan fingerprint density at radius 1 is 1.22 bits per heavy atom. The van der Waals surface area contributed by atoms with Crippen LogP contribution in [-0.2, 0) is 0 Å². The Labute approximate surface area is 110 Å². The Morgan fingerprint density at radius 2 is 1.89 bits per heavy atom. The second-order valence-electron chi connectivity index (χ2n) is 5.49. The molecular weight excluding hydrogens is 228 g/mol. The summed E-state index contributed by atoms with van der Waals surface area (Å²) in [6.07, 6.45) is 2.29. The van der Waals surface area contributed by atoms with Crippen molar-refractivity contribution < 1.29 is 4.79 Å². The number of nitrogens with one attached hydrogen (secondary N) is 2. The first-order chi connectivity index (χ1) is 8.75. The monoisotopic (exact) mass is 254 g/mol. The van der Waals surface area contributed by atoms with Gasteiger partial charge in [-0.25, -0.2) is 4.79 Å². The van der Waals surface area contributed by atoms with Crippen LogP contribution in [0.1, 0.15) is 19.8 Å². The van der Waals surface area contributed by atoms with E-state index in [0.29, 0.717) is 0 Å². The lowest BCUT2D eigenvalue weighted by Crippen LogP contribution is -2.49. The van der Waals surface area contributed by atoms with E-state index in [2.05, 4.69) is 22.5 Å². The van der Waals surface area contributed by atoms with Crippen LogP contribution in [-0.4, -0.2) is 68.2 Å². The van der Waals surface area contributed by atoms with Gasteiger partial charge in [-0.3, -0.25) is 4.90 Å². The van der Waals surface area contributed by atoms with Crippen LogP contribution in [0.25, 0.3) is 0 Å². The van der Waals surface area contributed by atoms with Crippen molar-refractivity contribution in [1.82, 2.24) is 20.4 Å². The van der Waals surface area contributed by atoms with E-state index >= 15 is 0 Å². The molecule has 0 unspecified atom stereocenters. The third kappa shape index (κ3) is 4.14. The molecule has 104 valence electrons. The lowest BCUT2D eigenvalue weighted by atomic mass is 10.00. The smallest absolute Gasteiger partial charge is 0.317 e. The highest BCUT2D eigenvalue weighted by molar-refractivity contribution is 5.74. The zero-order valence-electron chi connectivity index (χ0n) is 11.5. The topological polar surface area (TPSA) is 47.6 Å². The summed E-state index contributed by atoms with van der Waals surface area (Å²) in [6, 6.07) is 0.122. The van der Waals surface area contributed by atoms with Crippen LogP contribution in [0.15, 0.2) is 0 Å². The Bertz CT molecular complexity index is 258. The lowest BCUT2D eigenvalue weighted by molar-refractivity contribution is 0.171. The molecule has 0 saturated carbocycles. The van der Waals surface area contributed by atoms with Crippen LogP contribution in [0.2, 0.25) is 0 Å². The summed E-state index contributed by atoms with van der Waals surface area (Å²) >= 11 is 0. The summed E-state index contributed by atoms with van der Waals surface area (Å²) < 4.78 is 0. The Hall–Kier alpha value is -0.810. The van der Waals surface area contributed by atoms with Gasteiger partial charge in [0.05, 0.1) is 0 Å². The maximum atomic E-state index is 11.9. The summed E-state index contributed by atoms with van der Waals surface area (Å²) in [5.74, 6) is 0.773. The molecule has 0 aromatic rings. The highest BCUT2D eigenvalue weighted by Crippen LogP contribution is 2.15. The zero-order chi connectivity index (χ0) is 12.8. The molecule has 2 amide bonds. The van der Waals surface area contributed by atoms with Crippen LogP contribution in [0, 0.1) is 5.92 Å². The Morgan fingerprint density at radius 3 is 2.56 bits per heavy atom. The van der Waals surface area contributed by atoms with Crippen LogP contribution in [0.4, 0.5) is 4.79 Å². The van der Waals surface area contributed by atoms with Crippen molar-refractivity contribution in [3.8, 4) is 0 Å². The number of likely N-dealkylation sites (tertiary alicyclic amines) is 1. The van der Waals surface area contributed by atoms with E-state index in [1.165, 1.54) is 0 Å². The molecule has 0 spiro atoms. The van der Waals surface area contributed by atoms with Crippen molar-refractivity contribution in [2.45, 2.75) is 19.8 Å². The maximum Gasteiger partial charge on any atom is 0.317 e. The lowest BCUT2D eigenvalue weighted by Gasteiger charge is -2.31. The van der Waals surface area contributed by atoms with Gasteiger partial charge in [-0.05, 0) is 18.8 Å². The second-order valence-corrected chi connectivity index (χ2v) is 5.49. The molecule has 0 atom stereocenters. The molecular formula is C13H26N4O. The third-order valence-corrected chi connectivity index (χ3v) is 3.98. The van der Waals surface area contributed by atoms with E-state index in [1.54, 1.807) is 0 Å². The molecule has 2 rings (SSSR count). The maximum absolute atomic E-state index is 11.9. The van der Waals surface area contributed by atoms with E-state index < -0.39 is 0 Å². The molecule has 18 heavy (non-hydrogen) atoms. The highest BCUT2D eigenvalue weighted by Gasteiger charge is 2.19. The molecule has 0 bridgehead atoms. The molecule has 2 aliphatic heterocycles. The minimum Gasteiger partial charge on any atom is -0.337 e. The molecule has 2 fully saturated rings. The van der Waals surface area contributed by atoms with Crippen molar-refractivity contribution in [3.63, 3.8) is 0 Å². The highest BCUT2D eigenvalue weighted by atomic mass is 16.2. The first-order valence-corrected chi connectivity index (χ1v) is 7.21. The van der Waals surface area contributed by atoms with Crippen LogP contribution >= 0.6 is 0 Å². The molecule has 5 heteroatoms. The van der Waals surface area contributed by atoms with Gasteiger partial charge in [0, 0.05) is 52.4 Å². The molecule has 2 aliphatic rings. The number of amides is 2. The van der Waals surface area contributed by atoms with Gasteiger partial charge >= 0.3 is 6.03 Å². The van der Waals surface area contributed by atoms with Crippen molar-refractivity contribution in [1.29, 1.82) is 0 Å². The van der Waals surface area contributed by atoms with E-state index in [9.17, 15) is 4.79 Å². The Balaban J connectivity index is 1.59. The zero-order valence-corrected chi connectivity index (χ0v) is 11.5. The summed E-state index contributed by atoms with van der Waals surface area (Å²) in [6.45, 7) is 10.2. The van der Waals surface area contributed by atoms with E-state index in [0.717, 1.165) is 71.1 Å². The average Bonchev–Trinajstić information content (AvgIpc) is 2.40. The van der Waals surface area contributed by atoms with Gasteiger partial charge in [-0.15, -0.1) is 0 Å². The molecule has 0 aliphatic carbocycles. The van der Waals surface area contributed by atoms with Gasteiger partial charge in [-0.2, -0.15) is 0 Å². The Kier molecular flexibility index (Phi) is 5.26. The molecule has 5 nitrogen and oxygen atoms in total. The van der Waals surface area contributed by atoms with Gasteiger partial charge in [0.25, 0.3) is 0 Å². The van der Waals surface area contributed by atoms with Crippen molar-refractivity contribution in [3.05, 3.63) is 0 Å². The molecule has 2 heterocycles. The van der Waals surface area contributed by atoms with Crippen LogP contribution in [0.3, 0.4) is 0 Å². The molecule has 0 aromatic carbocycles. The van der Waals surface area contributed by atoms with Gasteiger partial charge < -0.3 is 15.5 Å². The number of carbonyl (C=O) groups is 1. The van der Waals surface area contributed by atoms with Crippen molar-refractivity contribution in [2.75, 3.05) is 52.4 Å². The number of hydrogen-bond donors (Lipinski definition) is 2. The summed E-state index contributed by atoms with van der Waals surface area (Å²) in [5, 5.41) is 6.37. The quantitative estimate of drug-likeness (QED) is 0.763. The number of piperidine rings is 1. The summed E-state index contributed by atoms with van der Waals surface area (Å²) in [5.41, 5.74) is 0. The van der Waals surface area contributed by atoms with Gasteiger partial charge in [-0.1, -0.05) is 6.92 Å². The number of nitrogens with zero attached hydrogens (tertiary/aromatic N) is 2. The fraction of sp³-hybridized carbons (Fsp3) is 0.923.